The third-order valence-corrected chi connectivity index (χ3v) is 9.15. The number of hydrogen-bond donors (Lipinski definition) is 1. The maximum Gasteiger partial charge on any atom is 0.264 e. The van der Waals surface area contributed by atoms with Crippen LogP contribution in [0.25, 0.3) is 0 Å². The average Bonchev–Trinajstić information content (AvgIpc) is 2.96. The summed E-state index contributed by atoms with van der Waals surface area (Å²) in [5.41, 5.74) is 1.68. The molecule has 0 saturated heterocycles. The van der Waals surface area contributed by atoms with Crippen LogP contribution in [0.1, 0.15) is 50.2 Å². The predicted octanol–water partition coefficient (Wildman–Crippen LogP) is 5.20. The summed E-state index contributed by atoms with van der Waals surface area (Å²) in [6.45, 7) is 2.93. The van der Waals surface area contributed by atoms with Crippen LogP contribution in [0.3, 0.4) is 0 Å². The van der Waals surface area contributed by atoms with Crippen LogP contribution in [-0.2, 0) is 26.2 Å². The van der Waals surface area contributed by atoms with Gasteiger partial charge in [0.25, 0.3) is 10.0 Å². The lowest BCUT2D eigenvalue weighted by atomic mass is 9.95. The molecule has 9 heteroatoms. The number of nitrogens with one attached hydrogen (secondary N) is 1. The van der Waals surface area contributed by atoms with E-state index in [1.54, 1.807) is 68.4 Å². The van der Waals surface area contributed by atoms with Crippen molar-refractivity contribution in [3.8, 4) is 0 Å². The van der Waals surface area contributed by atoms with E-state index < -0.39 is 34.3 Å². The second kappa shape index (κ2) is 13.1. The van der Waals surface area contributed by atoms with E-state index in [2.05, 4.69) is 5.32 Å². The number of benzene rings is 3. The maximum absolute atomic E-state index is 14.0. The highest BCUT2D eigenvalue weighted by Gasteiger charge is 2.33. The molecule has 3 aromatic carbocycles. The number of sulfonamides is 1. The molecule has 2 amide bonds. The van der Waals surface area contributed by atoms with Crippen LogP contribution in [0, 0.1) is 12.7 Å². The molecule has 0 radical (unpaired) electrons. The lowest BCUT2D eigenvalue weighted by Crippen LogP contribution is -2.53. The van der Waals surface area contributed by atoms with Crippen molar-refractivity contribution in [3.63, 3.8) is 0 Å². The quantitative estimate of drug-likeness (QED) is 0.366. The molecule has 0 aromatic heterocycles. The summed E-state index contributed by atoms with van der Waals surface area (Å²) in [5.74, 6) is -1.25. The van der Waals surface area contributed by atoms with Gasteiger partial charge in [0.1, 0.15) is 18.4 Å². The predicted molar refractivity (Wildman–Crippen MR) is 154 cm³/mol. The van der Waals surface area contributed by atoms with Crippen molar-refractivity contribution in [1.82, 2.24) is 10.2 Å². The fourth-order valence-corrected chi connectivity index (χ4v) is 6.51. The molecule has 1 atom stereocenters. The topological polar surface area (TPSA) is 86.8 Å². The van der Waals surface area contributed by atoms with E-state index in [9.17, 15) is 22.4 Å². The summed E-state index contributed by atoms with van der Waals surface area (Å²) < 4.78 is 42.4. The second-order valence-corrected chi connectivity index (χ2v) is 12.1. The number of aryl methyl sites for hydroxylation is 1. The van der Waals surface area contributed by atoms with Crippen molar-refractivity contribution >= 4 is 27.5 Å². The van der Waals surface area contributed by atoms with E-state index in [4.69, 9.17) is 0 Å². The fraction of sp³-hybridized carbons (Fsp3) is 0.355. The molecule has 4 rings (SSSR count). The molecule has 3 aromatic rings. The number of anilines is 1. The van der Waals surface area contributed by atoms with Crippen LogP contribution in [0.15, 0.2) is 83.8 Å². The molecule has 212 valence electrons. The fourth-order valence-electron chi connectivity index (χ4n) is 5.01. The molecular weight excluding hydrogens is 529 g/mol. The van der Waals surface area contributed by atoms with E-state index in [1.807, 2.05) is 0 Å². The number of carbonyl (C=O) groups is 2. The molecule has 1 aliphatic rings. The van der Waals surface area contributed by atoms with Crippen molar-refractivity contribution in [2.45, 2.75) is 69.5 Å². The van der Waals surface area contributed by atoms with Crippen LogP contribution in [0.4, 0.5) is 10.1 Å². The number of para-hydroxylation sites is 1. The zero-order valence-corrected chi connectivity index (χ0v) is 23.7. The summed E-state index contributed by atoms with van der Waals surface area (Å²) in [6.07, 6.45) is 5.00. The molecule has 40 heavy (non-hydrogen) atoms. The first-order valence-electron chi connectivity index (χ1n) is 13.6. The van der Waals surface area contributed by atoms with Gasteiger partial charge in [-0.1, -0.05) is 67.8 Å². The molecule has 7 nitrogen and oxygen atoms in total. The zero-order chi connectivity index (χ0) is 28.7. The van der Waals surface area contributed by atoms with Crippen molar-refractivity contribution in [2.75, 3.05) is 10.8 Å². The van der Waals surface area contributed by atoms with Gasteiger partial charge in [-0.25, -0.2) is 12.8 Å². The number of nitrogens with zero attached hydrogens (tertiary/aromatic N) is 2. The molecule has 0 unspecified atom stereocenters. The summed E-state index contributed by atoms with van der Waals surface area (Å²) in [7, 11) is -4.12. The first-order valence-corrected chi connectivity index (χ1v) is 15.1. The van der Waals surface area contributed by atoms with Gasteiger partial charge in [-0.05, 0) is 68.1 Å². The van der Waals surface area contributed by atoms with Crippen LogP contribution in [0.2, 0.25) is 0 Å². The van der Waals surface area contributed by atoms with Crippen molar-refractivity contribution in [3.05, 3.63) is 95.8 Å². The Morgan fingerprint density at radius 1 is 0.925 bits per heavy atom. The van der Waals surface area contributed by atoms with Crippen LogP contribution >= 0.6 is 0 Å². The van der Waals surface area contributed by atoms with E-state index in [1.165, 1.54) is 29.2 Å². The standard InChI is InChI=1S/C31H36FN3O4S/c1-23-11-9-10-16-29(23)35(40(38,39)28-14-7-4-8-15-28)22-30(36)34(21-25-17-19-26(32)20-18-25)24(2)31(37)33-27-12-5-3-6-13-27/h4,7-11,14-20,24,27H,3,5-6,12-13,21-22H2,1-2H3,(H,33,37)/t24-/m0/s1. The van der Waals surface area contributed by atoms with Gasteiger partial charge in [0.15, 0.2) is 0 Å². The highest BCUT2D eigenvalue weighted by molar-refractivity contribution is 7.92. The maximum atomic E-state index is 14.0. The first kappa shape index (κ1) is 29.3. The molecule has 0 spiro atoms. The summed E-state index contributed by atoms with van der Waals surface area (Å²) >= 11 is 0. The molecule has 0 bridgehead atoms. The third kappa shape index (κ3) is 7.07. The third-order valence-electron chi connectivity index (χ3n) is 7.38. The minimum Gasteiger partial charge on any atom is -0.352 e. The van der Waals surface area contributed by atoms with Crippen LogP contribution in [-0.4, -0.2) is 43.8 Å². The van der Waals surface area contributed by atoms with Gasteiger partial charge in [0, 0.05) is 12.6 Å². The Balaban J connectivity index is 1.67. The molecule has 1 saturated carbocycles. The van der Waals surface area contributed by atoms with Crippen LogP contribution < -0.4 is 9.62 Å². The van der Waals surface area contributed by atoms with E-state index >= 15 is 0 Å². The minimum absolute atomic E-state index is 0.0192. The number of amides is 2. The number of hydrogen-bond acceptors (Lipinski definition) is 4. The van der Waals surface area contributed by atoms with E-state index in [0.717, 1.165) is 36.4 Å². The van der Waals surface area contributed by atoms with Crippen molar-refractivity contribution in [1.29, 1.82) is 0 Å². The van der Waals surface area contributed by atoms with Gasteiger partial charge >= 0.3 is 0 Å². The Morgan fingerprint density at radius 2 is 1.55 bits per heavy atom. The Kier molecular flexibility index (Phi) is 9.58. The van der Waals surface area contributed by atoms with Gasteiger partial charge in [-0.15, -0.1) is 0 Å². The van der Waals surface area contributed by atoms with Crippen molar-refractivity contribution in [2.24, 2.45) is 0 Å². The Hall–Kier alpha value is -3.72. The summed E-state index contributed by atoms with van der Waals surface area (Å²) in [4.78, 5) is 28.8. The number of carbonyl (C=O) groups excluding carboxylic acids is 2. The first-order chi connectivity index (χ1) is 19.2. The normalized spacial score (nSPS) is 14.8. The zero-order valence-electron chi connectivity index (χ0n) is 22.9. The van der Waals surface area contributed by atoms with Crippen LogP contribution in [0.5, 0.6) is 0 Å². The number of rotatable bonds is 10. The SMILES string of the molecule is Cc1ccccc1N(CC(=O)N(Cc1ccc(F)cc1)[C@@H](C)C(=O)NC1CCCCC1)S(=O)(=O)c1ccccc1. The van der Waals surface area contributed by atoms with E-state index in [0.29, 0.717) is 16.8 Å². The molecular formula is C31H36FN3O4S. The monoisotopic (exact) mass is 565 g/mol. The van der Waals surface area contributed by atoms with Gasteiger partial charge in [0.2, 0.25) is 11.8 Å². The summed E-state index contributed by atoms with van der Waals surface area (Å²) in [6, 6.07) is 19.8. The summed E-state index contributed by atoms with van der Waals surface area (Å²) in [5, 5.41) is 3.07. The smallest absolute Gasteiger partial charge is 0.264 e. The average molecular weight is 566 g/mol. The number of halogens is 1. The lowest BCUT2D eigenvalue weighted by molar-refractivity contribution is -0.139. The Bertz CT molecular complexity index is 1410. The van der Waals surface area contributed by atoms with Crippen molar-refractivity contribution < 1.29 is 22.4 Å². The van der Waals surface area contributed by atoms with Gasteiger partial charge in [-0.2, -0.15) is 0 Å². The molecule has 1 aliphatic carbocycles. The largest absolute Gasteiger partial charge is 0.352 e. The highest BCUT2D eigenvalue weighted by Crippen LogP contribution is 2.27. The van der Waals surface area contributed by atoms with Gasteiger partial charge in [0.05, 0.1) is 10.6 Å². The Labute approximate surface area is 236 Å². The molecule has 0 aliphatic heterocycles. The van der Waals surface area contributed by atoms with E-state index in [-0.39, 0.29) is 23.4 Å². The second-order valence-electron chi connectivity index (χ2n) is 10.3. The lowest BCUT2D eigenvalue weighted by Gasteiger charge is -2.33. The van der Waals surface area contributed by atoms with Gasteiger partial charge < -0.3 is 10.2 Å². The molecule has 1 fully saturated rings. The molecule has 0 heterocycles. The van der Waals surface area contributed by atoms with Gasteiger partial charge in [-0.3, -0.25) is 13.9 Å². The molecule has 1 N–H and O–H groups in total. The minimum atomic E-state index is -4.12. The highest BCUT2D eigenvalue weighted by atomic mass is 32.2. The Morgan fingerprint density at radius 3 is 2.20 bits per heavy atom.